The fourth-order valence-electron chi connectivity index (χ4n) is 5.07. The van der Waals surface area contributed by atoms with E-state index in [2.05, 4.69) is 10.2 Å². The van der Waals surface area contributed by atoms with E-state index in [1.807, 2.05) is 48.5 Å². The van der Waals surface area contributed by atoms with Crippen LogP contribution in [0.2, 0.25) is 0 Å². The lowest BCUT2D eigenvalue weighted by atomic mass is 9.68. The van der Waals surface area contributed by atoms with E-state index in [9.17, 15) is 4.79 Å². The first-order valence-corrected chi connectivity index (χ1v) is 12.1. The summed E-state index contributed by atoms with van der Waals surface area (Å²) in [4.78, 5) is 16.0. The van der Waals surface area contributed by atoms with Gasteiger partial charge in [-0.25, -0.2) is 0 Å². The van der Waals surface area contributed by atoms with Crippen molar-refractivity contribution in [2.45, 2.75) is 56.8 Å². The number of amides is 1. The van der Waals surface area contributed by atoms with Crippen LogP contribution in [-0.2, 0) is 10.2 Å². The Balaban J connectivity index is 1.37. The molecule has 1 saturated carbocycles. The van der Waals surface area contributed by atoms with Crippen molar-refractivity contribution in [3.63, 3.8) is 0 Å². The number of nitrogens with one attached hydrogen (secondary N) is 1. The highest BCUT2D eigenvalue weighted by Crippen LogP contribution is 2.41. The molecule has 2 fully saturated rings. The largest absolute Gasteiger partial charge is 0.497 e. The maximum Gasteiger partial charge on any atom is 0.235 e. The number of hydrogen-bond acceptors (Lipinski definition) is 4. The van der Waals surface area contributed by atoms with Gasteiger partial charge >= 0.3 is 0 Å². The number of hydrogen-bond donors (Lipinski definition) is 1. The van der Waals surface area contributed by atoms with Crippen LogP contribution in [0, 0.1) is 0 Å². The van der Waals surface area contributed by atoms with E-state index < -0.39 is 5.41 Å². The molecule has 1 N–H and O–H groups in total. The summed E-state index contributed by atoms with van der Waals surface area (Å²) in [6.07, 6.45) is 9.04. The first-order valence-electron chi connectivity index (χ1n) is 12.1. The van der Waals surface area contributed by atoms with E-state index in [-0.39, 0.29) is 5.91 Å². The van der Waals surface area contributed by atoms with Gasteiger partial charge < -0.3 is 14.8 Å². The van der Waals surface area contributed by atoms with Gasteiger partial charge in [-0.15, -0.1) is 0 Å². The lowest BCUT2D eigenvalue weighted by molar-refractivity contribution is -0.122. The monoisotopic (exact) mass is 436 g/mol. The number of benzene rings is 2. The summed E-state index contributed by atoms with van der Waals surface area (Å²) in [5.74, 6) is 1.75. The minimum absolute atomic E-state index is 0.0844. The Hall–Kier alpha value is -2.53. The summed E-state index contributed by atoms with van der Waals surface area (Å²) >= 11 is 0. The van der Waals surface area contributed by atoms with Gasteiger partial charge in [0.1, 0.15) is 18.1 Å². The molecule has 2 aromatic carbocycles. The van der Waals surface area contributed by atoms with Crippen molar-refractivity contribution in [3.8, 4) is 11.5 Å². The fraction of sp³-hybridized carbons (Fsp3) is 0.519. The summed E-state index contributed by atoms with van der Waals surface area (Å²) in [5.41, 5.74) is 1.42. The van der Waals surface area contributed by atoms with Gasteiger partial charge in [0.2, 0.25) is 5.91 Å². The highest BCUT2D eigenvalue weighted by molar-refractivity contribution is 5.99. The number of likely N-dealkylation sites (tertiary alicyclic amines) is 1. The predicted molar refractivity (Wildman–Crippen MR) is 129 cm³/mol. The van der Waals surface area contributed by atoms with E-state index >= 15 is 0 Å². The van der Waals surface area contributed by atoms with Crippen molar-refractivity contribution in [1.29, 1.82) is 0 Å². The molecule has 172 valence electrons. The predicted octanol–water partition coefficient (Wildman–Crippen LogP) is 5.40. The summed E-state index contributed by atoms with van der Waals surface area (Å²) in [5, 5.41) is 3.18. The van der Waals surface area contributed by atoms with Crippen LogP contribution in [0.25, 0.3) is 0 Å². The highest BCUT2D eigenvalue weighted by atomic mass is 16.5. The number of rotatable bonds is 8. The molecular formula is C27H36N2O3. The molecule has 0 radical (unpaired) electrons. The van der Waals surface area contributed by atoms with Gasteiger partial charge in [0.25, 0.3) is 0 Å². The van der Waals surface area contributed by atoms with Crippen molar-refractivity contribution in [2.75, 3.05) is 38.7 Å². The maximum atomic E-state index is 13.5. The van der Waals surface area contributed by atoms with E-state index in [4.69, 9.17) is 9.47 Å². The van der Waals surface area contributed by atoms with Gasteiger partial charge in [-0.05, 0) is 80.7 Å². The second-order valence-electron chi connectivity index (χ2n) is 9.10. The Labute approximate surface area is 192 Å². The van der Waals surface area contributed by atoms with Crippen molar-refractivity contribution in [1.82, 2.24) is 4.90 Å². The van der Waals surface area contributed by atoms with Crippen molar-refractivity contribution < 1.29 is 14.3 Å². The van der Waals surface area contributed by atoms with Crippen molar-refractivity contribution in [2.24, 2.45) is 0 Å². The fourth-order valence-corrected chi connectivity index (χ4v) is 5.07. The minimum Gasteiger partial charge on any atom is -0.497 e. The molecule has 2 aromatic rings. The third-order valence-corrected chi connectivity index (χ3v) is 7.02. The molecule has 1 aliphatic carbocycles. The Kier molecular flexibility index (Phi) is 7.69. The zero-order valence-electron chi connectivity index (χ0n) is 19.3. The Morgan fingerprint density at radius 3 is 2.16 bits per heavy atom. The lowest BCUT2D eigenvalue weighted by Crippen LogP contribution is -2.42. The number of anilines is 1. The quantitative estimate of drug-likeness (QED) is 0.602. The molecule has 0 bridgehead atoms. The van der Waals surface area contributed by atoms with Crippen LogP contribution in [0.3, 0.4) is 0 Å². The molecule has 1 amide bonds. The average molecular weight is 437 g/mol. The summed E-state index contributed by atoms with van der Waals surface area (Å²) in [6, 6.07) is 15.8. The number of nitrogens with zero attached hydrogens (tertiary/aromatic N) is 1. The van der Waals surface area contributed by atoms with Gasteiger partial charge in [0.05, 0.1) is 12.5 Å². The van der Waals surface area contributed by atoms with Crippen LogP contribution in [0.5, 0.6) is 11.5 Å². The molecule has 0 unspecified atom stereocenters. The van der Waals surface area contributed by atoms with E-state index in [1.54, 1.807) is 7.11 Å². The molecule has 32 heavy (non-hydrogen) atoms. The van der Waals surface area contributed by atoms with Crippen molar-refractivity contribution in [3.05, 3.63) is 54.1 Å². The average Bonchev–Trinajstić information content (AvgIpc) is 2.86. The van der Waals surface area contributed by atoms with Crippen LogP contribution in [0.15, 0.2) is 48.5 Å². The van der Waals surface area contributed by atoms with Gasteiger partial charge in [-0.3, -0.25) is 9.69 Å². The summed E-state index contributed by atoms with van der Waals surface area (Å²) in [6.45, 7) is 4.05. The van der Waals surface area contributed by atoms with Gasteiger partial charge in [0, 0.05) is 12.2 Å². The second-order valence-corrected chi connectivity index (χ2v) is 9.10. The molecule has 0 spiro atoms. The number of carbonyl (C=O) groups excluding carboxylic acids is 1. The molecule has 1 heterocycles. The van der Waals surface area contributed by atoms with Gasteiger partial charge in [0.15, 0.2) is 0 Å². The molecule has 5 nitrogen and oxygen atoms in total. The Bertz CT molecular complexity index is 851. The van der Waals surface area contributed by atoms with Crippen LogP contribution < -0.4 is 14.8 Å². The first kappa shape index (κ1) is 22.7. The molecule has 5 heteroatoms. The molecule has 1 saturated heterocycles. The Morgan fingerprint density at radius 1 is 0.875 bits per heavy atom. The number of carbonyl (C=O) groups is 1. The van der Waals surface area contributed by atoms with Crippen LogP contribution >= 0.6 is 0 Å². The lowest BCUT2D eigenvalue weighted by Gasteiger charge is -2.36. The van der Waals surface area contributed by atoms with Gasteiger partial charge in [-0.2, -0.15) is 0 Å². The third-order valence-electron chi connectivity index (χ3n) is 7.02. The van der Waals surface area contributed by atoms with Crippen LogP contribution in [0.1, 0.15) is 56.9 Å². The SMILES string of the molecule is COc1ccc(C2(C(=O)Nc3ccc(OCCN4CCCCC4)cc3)CCCCC2)cc1. The molecule has 1 aliphatic heterocycles. The highest BCUT2D eigenvalue weighted by Gasteiger charge is 2.41. The first-order chi connectivity index (χ1) is 15.7. The van der Waals surface area contributed by atoms with E-state index in [1.165, 1.54) is 38.8 Å². The third kappa shape index (κ3) is 5.44. The van der Waals surface area contributed by atoms with Crippen LogP contribution in [-0.4, -0.2) is 44.2 Å². The zero-order chi connectivity index (χ0) is 22.2. The molecule has 0 atom stereocenters. The molecule has 0 aromatic heterocycles. The smallest absolute Gasteiger partial charge is 0.235 e. The maximum absolute atomic E-state index is 13.5. The summed E-state index contributed by atoms with van der Waals surface area (Å²) in [7, 11) is 1.67. The van der Waals surface area contributed by atoms with Gasteiger partial charge in [-0.1, -0.05) is 37.8 Å². The second kappa shape index (κ2) is 10.9. The van der Waals surface area contributed by atoms with E-state index in [0.717, 1.165) is 55.0 Å². The zero-order valence-corrected chi connectivity index (χ0v) is 19.3. The van der Waals surface area contributed by atoms with Crippen LogP contribution in [0.4, 0.5) is 5.69 Å². The number of ether oxygens (including phenoxy) is 2. The number of methoxy groups -OCH3 is 1. The minimum atomic E-state index is -0.478. The number of piperidine rings is 1. The molecule has 2 aliphatic rings. The van der Waals surface area contributed by atoms with Crippen molar-refractivity contribution >= 4 is 11.6 Å². The standard InChI is InChI=1S/C27H36N2O3/c1-31-24-12-8-22(9-13-24)27(16-4-2-5-17-27)26(30)28-23-10-14-25(15-11-23)32-21-20-29-18-6-3-7-19-29/h8-15H,2-7,16-21H2,1H3,(H,28,30). The summed E-state index contributed by atoms with van der Waals surface area (Å²) < 4.78 is 11.2. The molecule has 4 rings (SSSR count). The Morgan fingerprint density at radius 2 is 1.50 bits per heavy atom. The van der Waals surface area contributed by atoms with E-state index in [0.29, 0.717) is 6.61 Å². The topological polar surface area (TPSA) is 50.8 Å². The molecular weight excluding hydrogens is 400 g/mol. The normalized spacial score (nSPS) is 18.7.